The lowest BCUT2D eigenvalue weighted by molar-refractivity contribution is 0.248. The highest BCUT2D eigenvalue weighted by Gasteiger charge is 2.32. The smallest absolute Gasteiger partial charge is 0.319 e. The van der Waals surface area contributed by atoms with Gasteiger partial charge in [0.2, 0.25) is 0 Å². The van der Waals surface area contributed by atoms with Crippen LogP contribution < -0.4 is 10.6 Å². The van der Waals surface area contributed by atoms with E-state index in [1.54, 1.807) is 6.20 Å². The summed E-state index contributed by atoms with van der Waals surface area (Å²) < 4.78 is 7.33. The maximum absolute atomic E-state index is 12.2. The third-order valence-corrected chi connectivity index (χ3v) is 3.90. The second kappa shape index (κ2) is 5.82. The molecular weight excluding hydrogens is 282 g/mol. The number of imidazole rings is 1. The van der Waals surface area contributed by atoms with E-state index in [0.29, 0.717) is 17.3 Å². The van der Waals surface area contributed by atoms with Crippen LogP contribution in [0.15, 0.2) is 16.9 Å². The quantitative estimate of drug-likeness (QED) is 0.889. The van der Waals surface area contributed by atoms with Gasteiger partial charge in [0, 0.05) is 24.9 Å². The van der Waals surface area contributed by atoms with Gasteiger partial charge in [0.15, 0.2) is 5.76 Å². The van der Waals surface area contributed by atoms with Gasteiger partial charge in [0.1, 0.15) is 17.2 Å². The number of aryl methyl sites for hydroxylation is 2. The minimum absolute atomic E-state index is 0.181. The van der Waals surface area contributed by atoms with Gasteiger partial charge in [-0.25, -0.2) is 9.78 Å². The number of anilines is 1. The Morgan fingerprint density at radius 3 is 3.00 bits per heavy atom. The van der Waals surface area contributed by atoms with E-state index >= 15 is 0 Å². The number of hydrogen-bond donors (Lipinski definition) is 2. The maximum atomic E-state index is 12.2. The van der Waals surface area contributed by atoms with E-state index in [1.807, 2.05) is 31.5 Å². The fourth-order valence-electron chi connectivity index (χ4n) is 2.54. The molecule has 3 rings (SSSR count). The Balaban J connectivity index is 1.66. The summed E-state index contributed by atoms with van der Waals surface area (Å²) in [4.78, 5) is 16.5. The lowest BCUT2D eigenvalue weighted by Gasteiger charge is -2.15. The molecule has 118 valence electrons. The summed E-state index contributed by atoms with van der Waals surface area (Å²) in [5.41, 5.74) is 1.41. The minimum Gasteiger partial charge on any atom is -0.359 e. The van der Waals surface area contributed by atoms with Crippen LogP contribution in [0.5, 0.6) is 0 Å². The molecule has 1 saturated carbocycles. The normalized spacial score (nSPS) is 15.6. The number of carbonyl (C=O) groups excluding carboxylic acids is 1. The second-order valence-electron chi connectivity index (χ2n) is 5.67. The third kappa shape index (κ3) is 2.84. The van der Waals surface area contributed by atoms with Crippen molar-refractivity contribution in [2.24, 2.45) is 0 Å². The monoisotopic (exact) mass is 303 g/mol. The molecule has 1 unspecified atom stereocenters. The van der Waals surface area contributed by atoms with Crippen molar-refractivity contribution in [3.8, 4) is 0 Å². The number of aromatic nitrogens is 3. The van der Waals surface area contributed by atoms with Crippen LogP contribution in [0.4, 0.5) is 10.5 Å². The van der Waals surface area contributed by atoms with E-state index in [0.717, 1.165) is 31.0 Å². The molecule has 7 heteroatoms. The van der Waals surface area contributed by atoms with Crippen LogP contribution in [0.25, 0.3) is 0 Å². The zero-order valence-electron chi connectivity index (χ0n) is 13.1. The van der Waals surface area contributed by atoms with Crippen LogP contribution in [-0.2, 0) is 6.54 Å². The van der Waals surface area contributed by atoms with Crippen molar-refractivity contribution >= 4 is 11.7 Å². The van der Waals surface area contributed by atoms with Gasteiger partial charge in [-0.05, 0) is 33.6 Å². The SMILES string of the molecule is CCn1ccnc1C(C)NC(=O)Nc1c(C)noc1C1CC1. The van der Waals surface area contributed by atoms with Gasteiger partial charge >= 0.3 is 6.03 Å². The lowest BCUT2D eigenvalue weighted by atomic mass is 10.2. The predicted octanol–water partition coefficient (Wildman–Crippen LogP) is 2.96. The van der Waals surface area contributed by atoms with Crippen LogP contribution in [-0.4, -0.2) is 20.7 Å². The molecule has 2 N–H and O–H groups in total. The minimum atomic E-state index is -0.272. The number of hydrogen-bond acceptors (Lipinski definition) is 4. The Hall–Kier alpha value is -2.31. The van der Waals surface area contributed by atoms with E-state index in [9.17, 15) is 4.79 Å². The first-order valence-electron chi connectivity index (χ1n) is 7.64. The van der Waals surface area contributed by atoms with Crippen molar-refractivity contribution in [2.75, 3.05) is 5.32 Å². The second-order valence-corrected chi connectivity index (χ2v) is 5.67. The van der Waals surface area contributed by atoms with Gasteiger partial charge in [-0.3, -0.25) is 0 Å². The average Bonchev–Trinajstić information content (AvgIpc) is 3.10. The molecule has 1 aliphatic carbocycles. The number of rotatable bonds is 5. The van der Waals surface area contributed by atoms with Crippen LogP contribution >= 0.6 is 0 Å². The summed E-state index contributed by atoms with van der Waals surface area (Å²) in [6.07, 6.45) is 5.83. The van der Waals surface area contributed by atoms with Crippen molar-refractivity contribution in [3.05, 3.63) is 29.7 Å². The van der Waals surface area contributed by atoms with Gasteiger partial charge in [-0.1, -0.05) is 5.16 Å². The van der Waals surface area contributed by atoms with Crippen LogP contribution in [0.3, 0.4) is 0 Å². The Kier molecular flexibility index (Phi) is 3.87. The summed E-state index contributed by atoms with van der Waals surface area (Å²) >= 11 is 0. The van der Waals surface area contributed by atoms with Gasteiger partial charge in [0.05, 0.1) is 6.04 Å². The average molecular weight is 303 g/mol. The predicted molar refractivity (Wildman–Crippen MR) is 81.7 cm³/mol. The van der Waals surface area contributed by atoms with Crippen LogP contribution in [0.2, 0.25) is 0 Å². The van der Waals surface area contributed by atoms with E-state index in [4.69, 9.17) is 4.52 Å². The zero-order valence-corrected chi connectivity index (χ0v) is 13.1. The molecule has 0 aliphatic heterocycles. The van der Waals surface area contributed by atoms with E-state index in [1.165, 1.54) is 0 Å². The van der Waals surface area contributed by atoms with Crippen molar-refractivity contribution in [2.45, 2.75) is 52.1 Å². The van der Waals surface area contributed by atoms with Gasteiger partial charge in [0.25, 0.3) is 0 Å². The summed E-state index contributed by atoms with van der Waals surface area (Å²) in [6.45, 7) is 6.61. The van der Waals surface area contributed by atoms with Crippen molar-refractivity contribution < 1.29 is 9.32 Å². The molecule has 0 bridgehead atoms. The fourth-order valence-corrected chi connectivity index (χ4v) is 2.54. The maximum Gasteiger partial charge on any atom is 0.319 e. The summed E-state index contributed by atoms with van der Waals surface area (Å²) in [6, 6.07) is -0.453. The number of urea groups is 1. The molecule has 0 spiro atoms. The number of carbonyl (C=O) groups is 1. The van der Waals surface area contributed by atoms with Crippen molar-refractivity contribution in [1.29, 1.82) is 0 Å². The highest BCUT2D eigenvalue weighted by molar-refractivity contribution is 5.90. The molecule has 0 radical (unpaired) electrons. The van der Waals surface area contributed by atoms with Gasteiger partial charge in [-0.2, -0.15) is 0 Å². The molecule has 2 heterocycles. The van der Waals surface area contributed by atoms with Gasteiger partial charge < -0.3 is 19.7 Å². The summed E-state index contributed by atoms with van der Waals surface area (Å²) in [7, 11) is 0. The lowest BCUT2D eigenvalue weighted by Crippen LogP contribution is -2.32. The molecular formula is C15H21N5O2. The molecule has 0 saturated heterocycles. The Morgan fingerprint density at radius 1 is 1.55 bits per heavy atom. The molecule has 1 fully saturated rings. The fraction of sp³-hybridized carbons (Fsp3) is 0.533. The van der Waals surface area contributed by atoms with Crippen molar-refractivity contribution in [3.63, 3.8) is 0 Å². The molecule has 2 amide bonds. The number of amides is 2. The highest BCUT2D eigenvalue weighted by atomic mass is 16.5. The molecule has 22 heavy (non-hydrogen) atoms. The third-order valence-electron chi connectivity index (χ3n) is 3.90. The standard InChI is InChI=1S/C15H21N5O2/c1-4-20-8-7-16-14(20)10(3)17-15(21)18-12-9(2)19-22-13(12)11-5-6-11/h7-8,10-11H,4-6H2,1-3H3,(H2,17,18,21). The van der Waals surface area contributed by atoms with Crippen molar-refractivity contribution in [1.82, 2.24) is 20.0 Å². The first kappa shape index (κ1) is 14.6. The molecule has 1 atom stereocenters. The molecule has 0 aromatic carbocycles. The topological polar surface area (TPSA) is 85.0 Å². The zero-order chi connectivity index (χ0) is 15.7. The van der Waals surface area contributed by atoms with Crippen LogP contribution in [0.1, 0.15) is 55.9 Å². The van der Waals surface area contributed by atoms with Gasteiger partial charge in [-0.15, -0.1) is 0 Å². The Bertz CT molecular complexity index is 671. The first-order valence-corrected chi connectivity index (χ1v) is 7.64. The Labute approximate surface area is 129 Å². The molecule has 2 aromatic rings. The van der Waals surface area contributed by atoms with E-state index in [2.05, 4.69) is 20.8 Å². The van der Waals surface area contributed by atoms with E-state index in [-0.39, 0.29) is 12.1 Å². The Morgan fingerprint density at radius 2 is 2.32 bits per heavy atom. The number of nitrogens with zero attached hydrogens (tertiary/aromatic N) is 3. The van der Waals surface area contributed by atoms with Crippen LogP contribution in [0, 0.1) is 6.92 Å². The summed E-state index contributed by atoms with van der Waals surface area (Å²) in [5, 5.41) is 9.73. The van der Waals surface area contributed by atoms with E-state index < -0.39 is 0 Å². The number of nitrogens with one attached hydrogen (secondary N) is 2. The molecule has 1 aliphatic rings. The highest BCUT2D eigenvalue weighted by Crippen LogP contribution is 2.44. The molecule has 2 aromatic heterocycles. The largest absolute Gasteiger partial charge is 0.359 e. The molecule has 7 nitrogen and oxygen atoms in total. The summed E-state index contributed by atoms with van der Waals surface area (Å²) in [5.74, 6) is 2.02. The first-order chi connectivity index (χ1) is 10.6.